The molecule has 1 aliphatic heterocycles. The zero-order valence-electron chi connectivity index (χ0n) is 12.6. The average molecular weight is 279 g/mol. The van der Waals surface area contributed by atoms with Gasteiger partial charge in [0.25, 0.3) is 0 Å². The van der Waals surface area contributed by atoms with E-state index in [1.807, 2.05) is 12.1 Å². The minimum Gasteiger partial charge on any atom is -0.368 e. The molecule has 1 heterocycles. The van der Waals surface area contributed by atoms with Crippen molar-refractivity contribution in [1.82, 2.24) is 10.6 Å². The fourth-order valence-electron chi connectivity index (χ4n) is 2.43. The van der Waals surface area contributed by atoms with E-state index >= 15 is 0 Å². The van der Waals surface area contributed by atoms with Crippen LogP contribution in [0.25, 0.3) is 0 Å². The van der Waals surface area contributed by atoms with Gasteiger partial charge in [-0.2, -0.15) is 0 Å². The maximum Gasteiger partial charge on any atom is 0.146 e. The normalized spacial score (nSPS) is 17.9. The Hall–Kier alpha value is -1.13. The van der Waals surface area contributed by atoms with Crippen LogP contribution in [-0.2, 0) is 6.54 Å². The molecule has 1 atom stereocenters. The van der Waals surface area contributed by atoms with Gasteiger partial charge in [-0.05, 0) is 44.0 Å². The predicted octanol–water partition coefficient (Wildman–Crippen LogP) is 2.51. The van der Waals surface area contributed by atoms with Crippen LogP contribution in [0.15, 0.2) is 18.2 Å². The van der Waals surface area contributed by atoms with E-state index < -0.39 is 0 Å². The fourth-order valence-corrected chi connectivity index (χ4v) is 2.43. The van der Waals surface area contributed by atoms with Gasteiger partial charge in [-0.1, -0.05) is 13.0 Å². The van der Waals surface area contributed by atoms with Crippen LogP contribution in [0.4, 0.5) is 10.1 Å². The van der Waals surface area contributed by atoms with Gasteiger partial charge in [-0.3, -0.25) is 0 Å². The number of halogens is 1. The van der Waals surface area contributed by atoms with Gasteiger partial charge in [0.15, 0.2) is 0 Å². The molecule has 0 aliphatic carbocycles. The molecule has 1 aliphatic rings. The molecule has 4 heteroatoms. The van der Waals surface area contributed by atoms with Crippen molar-refractivity contribution in [3.8, 4) is 0 Å². The monoisotopic (exact) mass is 279 g/mol. The minimum atomic E-state index is -0.112. The molecule has 0 spiro atoms. The Bertz CT molecular complexity index is 414. The fraction of sp³-hybridized carbons (Fsp3) is 0.625. The number of anilines is 1. The highest BCUT2D eigenvalue weighted by Crippen LogP contribution is 2.22. The van der Waals surface area contributed by atoms with Gasteiger partial charge in [0.2, 0.25) is 0 Å². The van der Waals surface area contributed by atoms with E-state index in [2.05, 4.69) is 29.4 Å². The lowest BCUT2D eigenvalue weighted by molar-refractivity contribution is 0.533. The first kappa shape index (κ1) is 15.3. The quantitative estimate of drug-likeness (QED) is 0.867. The van der Waals surface area contributed by atoms with Gasteiger partial charge in [-0.15, -0.1) is 0 Å². The summed E-state index contributed by atoms with van der Waals surface area (Å²) in [4.78, 5) is 2.15. The van der Waals surface area contributed by atoms with Gasteiger partial charge >= 0.3 is 0 Å². The Kier molecular flexibility index (Phi) is 5.80. The van der Waals surface area contributed by atoms with Crippen molar-refractivity contribution in [2.24, 2.45) is 0 Å². The highest BCUT2D eigenvalue weighted by Gasteiger charge is 2.14. The average Bonchev–Trinajstić information content (AvgIpc) is 2.75. The predicted molar refractivity (Wildman–Crippen MR) is 82.7 cm³/mol. The van der Waals surface area contributed by atoms with E-state index in [0.717, 1.165) is 56.8 Å². The number of hydrogen-bond acceptors (Lipinski definition) is 3. The van der Waals surface area contributed by atoms with Gasteiger partial charge in [0.1, 0.15) is 5.82 Å². The van der Waals surface area contributed by atoms with Crippen LogP contribution < -0.4 is 15.5 Å². The first-order valence-corrected chi connectivity index (χ1v) is 7.68. The van der Waals surface area contributed by atoms with Crippen molar-refractivity contribution >= 4 is 5.69 Å². The van der Waals surface area contributed by atoms with Crippen LogP contribution in [0.3, 0.4) is 0 Å². The Labute approximate surface area is 121 Å². The SMILES string of the molecule is CCC(C)NCc1ccc(F)c(N2CCCNCC2)c1. The Morgan fingerprint density at radius 2 is 2.20 bits per heavy atom. The van der Waals surface area contributed by atoms with E-state index in [4.69, 9.17) is 0 Å². The van der Waals surface area contributed by atoms with Crippen molar-refractivity contribution in [2.45, 2.75) is 39.3 Å². The van der Waals surface area contributed by atoms with Crippen molar-refractivity contribution in [2.75, 3.05) is 31.1 Å². The van der Waals surface area contributed by atoms with Gasteiger partial charge in [-0.25, -0.2) is 4.39 Å². The molecule has 2 rings (SSSR count). The molecule has 2 N–H and O–H groups in total. The lowest BCUT2D eigenvalue weighted by Crippen LogP contribution is -2.29. The number of rotatable bonds is 5. The van der Waals surface area contributed by atoms with Crippen LogP contribution in [-0.4, -0.2) is 32.2 Å². The van der Waals surface area contributed by atoms with Crippen LogP contribution in [0, 0.1) is 5.82 Å². The van der Waals surface area contributed by atoms with Crippen molar-refractivity contribution in [3.63, 3.8) is 0 Å². The summed E-state index contributed by atoms with van der Waals surface area (Å²) >= 11 is 0. The highest BCUT2D eigenvalue weighted by molar-refractivity contribution is 5.50. The largest absolute Gasteiger partial charge is 0.368 e. The molecular formula is C16H26FN3. The second kappa shape index (κ2) is 7.60. The lowest BCUT2D eigenvalue weighted by atomic mass is 10.1. The molecule has 0 bridgehead atoms. The maximum atomic E-state index is 14.1. The Morgan fingerprint density at radius 3 is 3.00 bits per heavy atom. The van der Waals surface area contributed by atoms with Gasteiger partial charge < -0.3 is 15.5 Å². The Balaban J connectivity index is 2.07. The second-order valence-electron chi connectivity index (χ2n) is 5.57. The number of benzene rings is 1. The number of nitrogens with zero attached hydrogens (tertiary/aromatic N) is 1. The molecule has 20 heavy (non-hydrogen) atoms. The third-order valence-corrected chi connectivity index (χ3v) is 3.96. The summed E-state index contributed by atoms with van der Waals surface area (Å²) in [5.41, 5.74) is 1.90. The Morgan fingerprint density at radius 1 is 1.35 bits per heavy atom. The standard InChI is InChI=1S/C16H26FN3/c1-3-13(2)19-12-14-5-6-15(17)16(11-14)20-9-4-7-18-8-10-20/h5-6,11,13,18-19H,3-4,7-10,12H2,1-2H3. The molecule has 112 valence electrons. The van der Waals surface area contributed by atoms with Crippen LogP contribution >= 0.6 is 0 Å². The summed E-state index contributed by atoms with van der Waals surface area (Å²) in [7, 11) is 0. The molecule has 1 unspecified atom stereocenters. The molecule has 0 aromatic heterocycles. The molecular weight excluding hydrogens is 253 g/mol. The first-order valence-electron chi connectivity index (χ1n) is 7.68. The van der Waals surface area contributed by atoms with Gasteiger partial charge in [0.05, 0.1) is 5.69 Å². The van der Waals surface area contributed by atoms with E-state index in [1.54, 1.807) is 6.07 Å². The maximum absolute atomic E-state index is 14.1. The topological polar surface area (TPSA) is 27.3 Å². The third-order valence-electron chi connectivity index (χ3n) is 3.96. The summed E-state index contributed by atoms with van der Waals surface area (Å²) in [6, 6.07) is 5.97. The molecule has 1 aromatic carbocycles. The lowest BCUT2D eigenvalue weighted by Gasteiger charge is -2.23. The minimum absolute atomic E-state index is 0.112. The molecule has 0 saturated carbocycles. The summed E-state index contributed by atoms with van der Waals surface area (Å²) in [6.07, 6.45) is 2.17. The summed E-state index contributed by atoms with van der Waals surface area (Å²) in [5, 5.41) is 6.81. The zero-order valence-corrected chi connectivity index (χ0v) is 12.6. The van der Waals surface area contributed by atoms with Crippen LogP contribution in [0.1, 0.15) is 32.3 Å². The van der Waals surface area contributed by atoms with Crippen molar-refractivity contribution < 1.29 is 4.39 Å². The molecule has 1 fully saturated rings. The zero-order chi connectivity index (χ0) is 14.4. The number of nitrogens with one attached hydrogen (secondary N) is 2. The number of hydrogen-bond donors (Lipinski definition) is 2. The van der Waals surface area contributed by atoms with Crippen molar-refractivity contribution in [3.05, 3.63) is 29.6 Å². The third kappa shape index (κ3) is 4.18. The molecule has 1 saturated heterocycles. The van der Waals surface area contributed by atoms with Gasteiger partial charge in [0, 0.05) is 32.2 Å². The first-order chi connectivity index (χ1) is 9.70. The van der Waals surface area contributed by atoms with E-state index in [0.29, 0.717) is 6.04 Å². The summed E-state index contributed by atoms with van der Waals surface area (Å²) in [6.45, 7) is 8.88. The van der Waals surface area contributed by atoms with E-state index in [9.17, 15) is 4.39 Å². The smallest absolute Gasteiger partial charge is 0.146 e. The molecule has 3 nitrogen and oxygen atoms in total. The molecule has 0 amide bonds. The van der Waals surface area contributed by atoms with E-state index in [-0.39, 0.29) is 5.82 Å². The van der Waals surface area contributed by atoms with Crippen molar-refractivity contribution in [1.29, 1.82) is 0 Å². The van der Waals surface area contributed by atoms with Crippen LogP contribution in [0.5, 0.6) is 0 Å². The second-order valence-corrected chi connectivity index (χ2v) is 5.57. The highest BCUT2D eigenvalue weighted by atomic mass is 19.1. The van der Waals surface area contributed by atoms with E-state index in [1.165, 1.54) is 0 Å². The summed E-state index contributed by atoms with van der Waals surface area (Å²) in [5.74, 6) is -0.112. The summed E-state index contributed by atoms with van der Waals surface area (Å²) < 4.78 is 14.1. The van der Waals surface area contributed by atoms with Crippen LogP contribution in [0.2, 0.25) is 0 Å². The molecule has 1 aromatic rings. The molecule has 0 radical (unpaired) electrons.